The topological polar surface area (TPSA) is 208 Å². The van der Waals surface area contributed by atoms with Crippen molar-refractivity contribution < 1.29 is 40.2 Å². The Hall–Kier alpha value is -1.01. The number of carbonyl (C=O) groups is 2. The number of aliphatic hydroxyl groups is 4. The summed E-state index contributed by atoms with van der Waals surface area (Å²) in [5.41, 5.74) is 9.81. The molecule has 0 radical (unpaired) electrons. The summed E-state index contributed by atoms with van der Waals surface area (Å²) in [5, 5.41) is 51.5. The Morgan fingerprint density at radius 3 is 1.11 bits per heavy atom. The zero-order valence-corrected chi connectivity index (χ0v) is 10.6. The summed E-state index contributed by atoms with van der Waals surface area (Å²) in [6.45, 7) is 1.19. The van der Waals surface area contributed by atoms with Gasteiger partial charge >= 0.3 is 11.9 Å². The van der Waals surface area contributed by atoms with E-state index in [4.69, 9.17) is 42.1 Å². The predicted molar refractivity (Wildman–Crippen MR) is 64.7 cm³/mol. The van der Waals surface area contributed by atoms with Crippen LogP contribution in [0.3, 0.4) is 0 Å². The number of carboxylic acids is 2. The van der Waals surface area contributed by atoms with Gasteiger partial charge in [-0.05, 0) is 0 Å². The molecule has 0 saturated carbocycles. The third-order valence-corrected chi connectivity index (χ3v) is 1.67. The molecule has 0 unspecified atom stereocenters. The van der Waals surface area contributed by atoms with E-state index in [0.29, 0.717) is 13.1 Å². The Bertz CT molecular complexity index is 241. The van der Waals surface area contributed by atoms with Gasteiger partial charge in [-0.2, -0.15) is 0 Å². The second-order valence-corrected chi connectivity index (χ2v) is 3.12. The number of nitrogens with two attached hydrogens (primary N) is 2. The van der Waals surface area contributed by atoms with Gasteiger partial charge in [-0.3, -0.25) is 0 Å². The maximum absolute atomic E-state index is 10.1. The average Bonchev–Trinajstić information content (AvgIpc) is 2.34. The first-order valence-electron chi connectivity index (χ1n) is 4.78. The standard InChI is InChI=1S/C6H10O8.C2H8N2.ClH/c7-1(3(9)5(11)12)2(8)4(10)6(13)14;3-1-2-4;/h1-4,7-10H,(H,11,12)(H,13,14);1-4H2;1H/t1-,2+,3+,4-;;. The number of hydrogen-bond acceptors (Lipinski definition) is 8. The minimum absolute atomic E-state index is 0. The van der Waals surface area contributed by atoms with E-state index in [1.165, 1.54) is 0 Å². The van der Waals surface area contributed by atoms with Crippen LogP contribution in [0.5, 0.6) is 0 Å². The molecule has 116 valence electrons. The van der Waals surface area contributed by atoms with Crippen molar-refractivity contribution in [2.45, 2.75) is 24.4 Å². The number of halogens is 1. The van der Waals surface area contributed by atoms with Crippen molar-refractivity contribution in [2.75, 3.05) is 13.1 Å². The van der Waals surface area contributed by atoms with E-state index in [2.05, 4.69) is 0 Å². The van der Waals surface area contributed by atoms with E-state index < -0.39 is 36.4 Å². The second-order valence-electron chi connectivity index (χ2n) is 3.12. The lowest BCUT2D eigenvalue weighted by atomic mass is 10.0. The average molecular weight is 307 g/mol. The normalized spacial score (nSPS) is 15.9. The summed E-state index contributed by atoms with van der Waals surface area (Å²) < 4.78 is 0. The van der Waals surface area contributed by atoms with E-state index in [1.807, 2.05) is 0 Å². The monoisotopic (exact) mass is 306 g/mol. The molecule has 0 aliphatic rings. The molecule has 0 amide bonds. The molecule has 0 rings (SSSR count). The highest BCUT2D eigenvalue weighted by molar-refractivity contribution is 5.85. The van der Waals surface area contributed by atoms with Crippen LogP contribution in [-0.4, -0.2) is 80.1 Å². The summed E-state index contributed by atoms with van der Waals surface area (Å²) in [6.07, 6.45) is -9.28. The van der Waals surface area contributed by atoms with Crippen molar-refractivity contribution in [3.8, 4) is 0 Å². The number of carboxylic acid groups (broad SMARTS) is 2. The molecule has 0 heterocycles. The molecular formula is C8H19ClN2O8. The van der Waals surface area contributed by atoms with Gasteiger partial charge in [0.2, 0.25) is 0 Å². The van der Waals surface area contributed by atoms with Crippen LogP contribution >= 0.6 is 12.4 Å². The van der Waals surface area contributed by atoms with Crippen LogP contribution in [-0.2, 0) is 9.59 Å². The maximum Gasteiger partial charge on any atom is 0.335 e. The highest BCUT2D eigenvalue weighted by atomic mass is 35.5. The SMILES string of the molecule is Cl.NCCN.O=C(O)[C@@H](O)[C@H](O)[C@H](O)[C@@H](O)C(=O)O. The molecule has 0 spiro atoms. The lowest BCUT2D eigenvalue weighted by molar-refractivity contribution is -0.172. The number of aliphatic hydroxyl groups excluding tert-OH is 4. The molecule has 0 fully saturated rings. The van der Waals surface area contributed by atoms with Gasteiger partial charge < -0.3 is 42.1 Å². The summed E-state index contributed by atoms with van der Waals surface area (Å²) >= 11 is 0. The van der Waals surface area contributed by atoms with Gasteiger partial charge in [-0.25, -0.2) is 9.59 Å². The molecule has 0 aromatic rings. The molecule has 0 saturated heterocycles. The molecule has 0 aliphatic carbocycles. The Kier molecular flexibility index (Phi) is 14.7. The van der Waals surface area contributed by atoms with Gasteiger partial charge in [0.05, 0.1) is 0 Å². The van der Waals surface area contributed by atoms with Crippen molar-refractivity contribution in [3.05, 3.63) is 0 Å². The van der Waals surface area contributed by atoms with Crippen LogP contribution in [0.4, 0.5) is 0 Å². The first-order chi connectivity index (χ1) is 8.20. The molecule has 0 bridgehead atoms. The zero-order chi connectivity index (χ0) is 14.9. The van der Waals surface area contributed by atoms with Crippen molar-refractivity contribution >= 4 is 24.3 Å². The van der Waals surface area contributed by atoms with Crippen molar-refractivity contribution in [1.29, 1.82) is 0 Å². The zero-order valence-electron chi connectivity index (χ0n) is 9.79. The van der Waals surface area contributed by atoms with E-state index in [1.54, 1.807) is 0 Å². The summed E-state index contributed by atoms with van der Waals surface area (Å²) in [7, 11) is 0. The van der Waals surface area contributed by atoms with Crippen LogP contribution in [0, 0.1) is 0 Å². The first kappa shape index (κ1) is 23.1. The van der Waals surface area contributed by atoms with Crippen LogP contribution in [0.15, 0.2) is 0 Å². The second kappa shape index (κ2) is 12.0. The maximum atomic E-state index is 10.1. The third-order valence-electron chi connectivity index (χ3n) is 1.67. The fourth-order valence-corrected chi connectivity index (χ4v) is 0.666. The molecule has 4 atom stereocenters. The smallest absolute Gasteiger partial charge is 0.335 e. The van der Waals surface area contributed by atoms with Gasteiger partial charge in [-0.1, -0.05) is 0 Å². The Balaban J connectivity index is -0.000000448. The van der Waals surface area contributed by atoms with Crippen molar-refractivity contribution in [3.63, 3.8) is 0 Å². The van der Waals surface area contributed by atoms with E-state index in [9.17, 15) is 9.59 Å². The number of rotatable bonds is 6. The lowest BCUT2D eigenvalue weighted by Crippen LogP contribution is -2.49. The third kappa shape index (κ3) is 9.55. The molecule has 11 heteroatoms. The molecule has 0 aromatic carbocycles. The summed E-state index contributed by atoms with van der Waals surface area (Å²) in [5.74, 6) is -3.68. The Morgan fingerprint density at radius 2 is 1.00 bits per heavy atom. The molecule has 0 aromatic heterocycles. The fourth-order valence-electron chi connectivity index (χ4n) is 0.666. The Morgan fingerprint density at radius 1 is 0.789 bits per heavy atom. The summed E-state index contributed by atoms with van der Waals surface area (Å²) in [6, 6.07) is 0. The van der Waals surface area contributed by atoms with Crippen LogP contribution < -0.4 is 11.5 Å². The molecular weight excluding hydrogens is 288 g/mol. The minimum atomic E-state index is -2.36. The molecule has 19 heavy (non-hydrogen) atoms. The van der Waals surface area contributed by atoms with Gasteiger partial charge in [-0.15, -0.1) is 12.4 Å². The highest BCUT2D eigenvalue weighted by Crippen LogP contribution is 2.05. The van der Waals surface area contributed by atoms with Gasteiger partial charge in [0.25, 0.3) is 0 Å². The molecule has 10 N–H and O–H groups in total. The fraction of sp³-hybridized carbons (Fsp3) is 0.750. The lowest BCUT2D eigenvalue weighted by Gasteiger charge is -2.21. The van der Waals surface area contributed by atoms with Crippen LogP contribution in [0.1, 0.15) is 0 Å². The first-order valence-corrected chi connectivity index (χ1v) is 4.78. The van der Waals surface area contributed by atoms with E-state index in [0.717, 1.165) is 0 Å². The van der Waals surface area contributed by atoms with Crippen molar-refractivity contribution in [2.24, 2.45) is 11.5 Å². The van der Waals surface area contributed by atoms with E-state index in [-0.39, 0.29) is 12.4 Å². The van der Waals surface area contributed by atoms with Crippen molar-refractivity contribution in [1.82, 2.24) is 0 Å². The summed E-state index contributed by atoms with van der Waals surface area (Å²) in [4.78, 5) is 20.2. The van der Waals surface area contributed by atoms with Crippen LogP contribution in [0.2, 0.25) is 0 Å². The molecule has 10 nitrogen and oxygen atoms in total. The largest absolute Gasteiger partial charge is 0.479 e. The Labute approximate surface area is 114 Å². The van der Waals surface area contributed by atoms with E-state index >= 15 is 0 Å². The van der Waals surface area contributed by atoms with Gasteiger partial charge in [0.1, 0.15) is 12.2 Å². The number of aliphatic carboxylic acids is 2. The highest BCUT2D eigenvalue weighted by Gasteiger charge is 2.37. The minimum Gasteiger partial charge on any atom is -0.479 e. The predicted octanol–water partition coefficient (Wildman–Crippen LogP) is -4.08. The van der Waals surface area contributed by atoms with Crippen LogP contribution in [0.25, 0.3) is 0 Å². The van der Waals surface area contributed by atoms with Gasteiger partial charge in [0.15, 0.2) is 12.2 Å². The quantitative estimate of drug-likeness (QED) is 0.238. The van der Waals surface area contributed by atoms with Gasteiger partial charge in [0, 0.05) is 13.1 Å². The molecule has 0 aliphatic heterocycles. The number of hydrogen-bond donors (Lipinski definition) is 8.